The number of hydrogen-bond acceptors (Lipinski definition) is 8. The number of nitrogens with one attached hydrogen (secondary N) is 2. The Labute approximate surface area is 249 Å². The molecule has 2 aromatic heterocycles. The Morgan fingerprint density at radius 1 is 1.09 bits per heavy atom. The highest BCUT2D eigenvalue weighted by molar-refractivity contribution is 6.02. The quantitative estimate of drug-likeness (QED) is 0.239. The summed E-state index contributed by atoms with van der Waals surface area (Å²) in [6.45, 7) is 4.61. The molecular weight excluding hydrogens is 555 g/mol. The van der Waals surface area contributed by atoms with Gasteiger partial charge in [0.1, 0.15) is 23.2 Å². The number of pyridine rings is 1. The Bertz CT molecular complexity index is 1610. The number of aromatic nitrogens is 3. The van der Waals surface area contributed by atoms with Crippen molar-refractivity contribution in [3.63, 3.8) is 0 Å². The van der Waals surface area contributed by atoms with Crippen molar-refractivity contribution in [3.05, 3.63) is 47.7 Å². The molecule has 6 rings (SSSR count). The van der Waals surface area contributed by atoms with Crippen molar-refractivity contribution in [2.24, 2.45) is 5.92 Å². The number of fused-ring (bicyclic) bond motifs is 2. The van der Waals surface area contributed by atoms with Gasteiger partial charge in [-0.3, -0.25) is 9.99 Å². The Balaban J connectivity index is 1.47. The van der Waals surface area contributed by atoms with E-state index in [0.29, 0.717) is 64.7 Å². The van der Waals surface area contributed by atoms with E-state index in [2.05, 4.69) is 20.7 Å². The molecule has 2 atom stereocenters. The van der Waals surface area contributed by atoms with E-state index in [1.807, 2.05) is 11.9 Å². The van der Waals surface area contributed by atoms with Crippen LogP contribution in [0.5, 0.6) is 6.01 Å². The summed E-state index contributed by atoms with van der Waals surface area (Å²) >= 11 is 0. The van der Waals surface area contributed by atoms with Gasteiger partial charge in [-0.15, -0.1) is 0 Å². The molecule has 0 radical (unpaired) electrons. The van der Waals surface area contributed by atoms with Gasteiger partial charge in [-0.1, -0.05) is 19.4 Å². The van der Waals surface area contributed by atoms with Gasteiger partial charge in [0.25, 0.3) is 0 Å². The summed E-state index contributed by atoms with van der Waals surface area (Å²) < 4.78 is 52.0. The number of alkyl halides is 1. The average Bonchev–Trinajstić information content (AvgIpc) is 3.28. The van der Waals surface area contributed by atoms with Crippen LogP contribution in [0.1, 0.15) is 51.0 Å². The Hall–Kier alpha value is -3.70. The molecule has 0 unspecified atom stereocenters. The summed E-state index contributed by atoms with van der Waals surface area (Å²) in [5.41, 5.74) is 11.0. The van der Waals surface area contributed by atoms with Gasteiger partial charge in [-0.05, 0) is 85.5 Å². The van der Waals surface area contributed by atoms with Gasteiger partial charge >= 0.3 is 6.01 Å². The Kier molecular flexibility index (Phi) is 8.80. The number of nitrogens with two attached hydrogens (primary N) is 1. The first-order chi connectivity index (χ1) is 20.9. The van der Waals surface area contributed by atoms with Crippen molar-refractivity contribution in [1.82, 2.24) is 25.7 Å². The molecule has 228 valence electrons. The van der Waals surface area contributed by atoms with E-state index in [0.717, 1.165) is 45.2 Å². The van der Waals surface area contributed by atoms with E-state index in [1.54, 1.807) is 24.4 Å². The van der Waals surface area contributed by atoms with Crippen molar-refractivity contribution in [2.75, 3.05) is 43.5 Å². The third-order valence-corrected chi connectivity index (χ3v) is 8.43. The highest BCUT2D eigenvalue weighted by atomic mass is 19.1. The van der Waals surface area contributed by atoms with Crippen LogP contribution in [0.25, 0.3) is 32.9 Å². The van der Waals surface area contributed by atoms with Crippen LogP contribution in [-0.4, -0.2) is 53.9 Å². The maximum Gasteiger partial charge on any atom is 0.319 e. The van der Waals surface area contributed by atoms with Crippen molar-refractivity contribution >= 4 is 33.2 Å². The minimum atomic E-state index is -0.958. The second-order valence-electron chi connectivity index (χ2n) is 11.5. The number of benzene rings is 2. The minimum absolute atomic E-state index is 0.00461. The number of aryl methyl sites for hydroxylation is 1. The zero-order valence-electron chi connectivity index (χ0n) is 24.4. The van der Waals surface area contributed by atoms with Gasteiger partial charge < -0.3 is 15.8 Å². The maximum absolute atomic E-state index is 16.7. The molecule has 0 bridgehead atoms. The standard InChI is InChI=1S/C32H38F3N7O/c1-2-23-26(34)9-8-20-14-22(36)15-24(27(20)23)29-28(35)30-25(17-38-29)31(42-12-5-3-4-11-39-42)41-32(40-30)43-18-19-7-6-10-37-16-21(33)13-19/h8-9,14-15,17,19,21,37,39H,2-7,10-13,16,18,36H2,1H3/t19-,21-/m1/s1. The van der Waals surface area contributed by atoms with Crippen LogP contribution < -0.4 is 26.2 Å². The second-order valence-corrected chi connectivity index (χ2v) is 11.5. The van der Waals surface area contributed by atoms with Crippen LogP contribution in [0.2, 0.25) is 0 Å². The van der Waals surface area contributed by atoms with Crippen LogP contribution >= 0.6 is 0 Å². The molecule has 4 N–H and O–H groups in total. The van der Waals surface area contributed by atoms with Gasteiger partial charge in [-0.25, -0.2) is 18.6 Å². The second kappa shape index (κ2) is 12.9. The molecule has 4 heterocycles. The number of halogens is 3. The molecule has 2 aromatic carbocycles. The Morgan fingerprint density at radius 3 is 2.84 bits per heavy atom. The predicted octanol–water partition coefficient (Wildman–Crippen LogP) is 5.87. The summed E-state index contributed by atoms with van der Waals surface area (Å²) in [5.74, 6) is -0.562. The van der Waals surface area contributed by atoms with Crippen molar-refractivity contribution in [2.45, 2.75) is 58.0 Å². The van der Waals surface area contributed by atoms with Crippen molar-refractivity contribution in [3.8, 4) is 17.3 Å². The Morgan fingerprint density at radius 2 is 1.98 bits per heavy atom. The zero-order valence-corrected chi connectivity index (χ0v) is 24.4. The third kappa shape index (κ3) is 6.19. The van der Waals surface area contributed by atoms with Crippen LogP contribution in [0.15, 0.2) is 30.5 Å². The van der Waals surface area contributed by atoms with Crippen LogP contribution in [0.4, 0.5) is 24.7 Å². The van der Waals surface area contributed by atoms with Gasteiger partial charge in [0.05, 0.1) is 12.0 Å². The number of anilines is 2. The topological polar surface area (TPSA) is 101 Å². The SMILES string of the molecule is CCc1c(F)ccc2cc(N)cc(-c3ncc4c(N5CCCCCN5)nc(OC[C@@H]5CCCNC[C@H](F)C5)nc4c3F)c12. The number of ether oxygens (including phenoxy) is 1. The predicted molar refractivity (Wildman–Crippen MR) is 164 cm³/mol. The molecule has 2 fully saturated rings. The fraction of sp³-hybridized carbons (Fsp3) is 0.469. The minimum Gasteiger partial charge on any atom is -0.463 e. The van der Waals surface area contributed by atoms with E-state index in [1.165, 1.54) is 6.07 Å². The summed E-state index contributed by atoms with van der Waals surface area (Å²) in [6.07, 6.45) is 6.14. The fourth-order valence-corrected chi connectivity index (χ4v) is 6.28. The summed E-state index contributed by atoms with van der Waals surface area (Å²) in [6, 6.07) is 6.46. The lowest BCUT2D eigenvalue weighted by Gasteiger charge is -2.25. The normalized spacial score (nSPS) is 20.1. The van der Waals surface area contributed by atoms with Gasteiger partial charge in [0, 0.05) is 37.1 Å². The molecule has 0 aliphatic carbocycles. The first kappa shape index (κ1) is 29.4. The molecule has 4 aromatic rings. The van der Waals surface area contributed by atoms with E-state index in [9.17, 15) is 8.78 Å². The lowest BCUT2D eigenvalue weighted by Crippen LogP contribution is -2.38. The smallest absolute Gasteiger partial charge is 0.319 e. The molecule has 0 spiro atoms. The largest absolute Gasteiger partial charge is 0.463 e. The highest BCUT2D eigenvalue weighted by Gasteiger charge is 2.25. The first-order valence-corrected chi connectivity index (χ1v) is 15.3. The average molecular weight is 594 g/mol. The molecular formula is C32H38F3N7O. The van der Waals surface area contributed by atoms with Crippen molar-refractivity contribution in [1.29, 1.82) is 0 Å². The molecule has 2 aliphatic rings. The number of hydrazine groups is 1. The molecule has 2 aliphatic heterocycles. The fourth-order valence-electron chi connectivity index (χ4n) is 6.28. The monoisotopic (exact) mass is 593 g/mol. The number of nitrogens with zero attached hydrogens (tertiary/aromatic N) is 4. The molecule has 0 saturated carbocycles. The van der Waals surface area contributed by atoms with E-state index < -0.39 is 12.0 Å². The summed E-state index contributed by atoms with van der Waals surface area (Å²) in [5, 5.41) is 6.73. The molecule has 0 amide bonds. The summed E-state index contributed by atoms with van der Waals surface area (Å²) in [4.78, 5) is 13.8. The van der Waals surface area contributed by atoms with E-state index in [4.69, 9.17) is 15.5 Å². The van der Waals surface area contributed by atoms with Crippen molar-refractivity contribution < 1.29 is 17.9 Å². The molecule has 8 nitrogen and oxygen atoms in total. The maximum atomic E-state index is 16.7. The summed E-state index contributed by atoms with van der Waals surface area (Å²) in [7, 11) is 0. The van der Waals surface area contributed by atoms with Gasteiger partial charge in [-0.2, -0.15) is 9.97 Å². The number of rotatable bonds is 6. The molecule has 43 heavy (non-hydrogen) atoms. The van der Waals surface area contributed by atoms with Gasteiger partial charge in [0.2, 0.25) is 0 Å². The molecule has 2 saturated heterocycles. The highest BCUT2D eigenvalue weighted by Crippen LogP contribution is 2.38. The van der Waals surface area contributed by atoms with Crippen LogP contribution in [-0.2, 0) is 6.42 Å². The van der Waals surface area contributed by atoms with E-state index >= 15 is 4.39 Å². The zero-order chi connectivity index (χ0) is 29.9. The van der Waals surface area contributed by atoms with Gasteiger partial charge in [0.15, 0.2) is 11.6 Å². The van der Waals surface area contributed by atoms with Crippen LogP contribution in [0, 0.1) is 17.6 Å². The lowest BCUT2D eigenvalue weighted by atomic mass is 9.94. The molecule has 11 heteroatoms. The lowest BCUT2D eigenvalue weighted by molar-refractivity contribution is 0.166. The number of hydrogen-bond donors (Lipinski definition) is 3. The first-order valence-electron chi connectivity index (χ1n) is 15.3. The van der Waals surface area contributed by atoms with Crippen LogP contribution in [0.3, 0.4) is 0 Å². The van der Waals surface area contributed by atoms with E-state index in [-0.39, 0.29) is 35.6 Å². The number of nitrogen functional groups attached to an aromatic ring is 1. The third-order valence-electron chi connectivity index (χ3n) is 8.43.